The molecule has 2 aromatic heterocycles. The molecule has 1 fully saturated rings. The molecule has 4 rings (SSSR count). The number of fused-ring (bicyclic) bond motifs is 1. The lowest BCUT2D eigenvalue weighted by molar-refractivity contribution is -0.120. The van der Waals surface area contributed by atoms with Gasteiger partial charge in [-0.2, -0.15) is 0 Å². The van der Waals surface area contributed by atoms with Crippen LogP contribution >= 0.6 is 11.6 Å². The molecule has 0 spiro atoms. The number of furan rings is 1. The average Bonchev–Trinajstić information content (AvgIpc) is 3.22. The van der Waals surface area contributed by atoms with Gasteiger partial charge in [-0.1, -0.05) is 11.6 Å². The number of halogens is 1. The number of nitrogens with one attached hydrogen (secondary N) is 3. The molecule has 12 heteroatoms. The number of hydrogen-bond donors (Lipinski definition) is 4. The van der Waals surface area contributed by atoms with Crippen molar-refractivity contribution < 1.29 is 33.4 Å². The van der Waals surface area contributed by atoms with Crippen LogP contribution in [0.2, 0.25) is 5.02 Å². The van der Waals surface area contributed by atoms with Crippen LogP contribution in [0.15, 0.2) is 40.9 Å². The number of pyridine rings is 1. The van der Waals surface area contributed by atoms with E-state index < -0.39 is 23.6 Å². The summed E-state index contributed by atoms with van der Waals surface area (Å²) in [7, 11) is 0. The van der Waals surface area contributed by atoms with Gasteiger partial charge < -0.3 is 30.2 Å². The first-order chi connectivity index (χ1) is 18.4. The number of carbonyl (C=O) groups excluding carboxylic acids is 3. The summed E-state index contributed by atoms with van der Waals surface area (Å²) in [4.78, 5) is 54.1. The fraction of sp³-hybridized carbons (Fsp3) is 0.370. The number of hydrogen-bond acceptors (Lipinski definition) is 7. The summed E-state index contributed by atoms with van der Waals surface area (Å²) in [5.41, 5.74) is -0.338. The van der Waals surface area contributed by atoms with E-state index in [1.165, 1.54) is 30.5 Å². The number of aromatic nitrogens is 1. The molecule has 1 aromatic carbocycles. The molecule has 1 aliphatic carbocycles. The number of aromatic carboxylic acids is 1. The van der Waals surface area contributed by atoms with Gasteiger partial charge in [0.25, 0.3) is 5.91 Å². The van der Waals surface area contributed by atoms with Crippen LogP contribution in [0.1, 0.15) is 67.4 Å². The topological polar surface area (TPSA) is 160 Å². The van der Waals surface area contributed by atoms with Gasteiger partial charge in [-0.05, 0) is 76.8 Å². The quantitative estimate of drug-likeness (QED) is 0.311. The highest BCUT2D eigenvalue weighted by atomic mass is 35.5. The van der Waals surface area contributed by atoms with E-state index in [1.54, 1.807) is 26.8 Å². The molecule has 0 atom stereocenters. The van der Waals surface area contributed by atoms with Gasteiger partial charge >= 0.3 is 12.1 Å². The van der Waals surface area contributed by atoms with Gasteiger partial charge in [0.2, 0.25) is 11.7 Å². The monoisotopic (exact) mass is 556 g/mol. The van der Waals surface area contributed by atoms with Crippen LogP contribution < -0.4 is 16.0 Å². The van der Waals surface area contributed by atoms with Gasteiger partial charge in [0.05, 0.1) is 10.6 Å². The third kappa shape index (κ3) is 7.05. The van der Waals surface area contributed by atoms with Crippen molar-refractivity contribution >= 4 is 58.0 Å². The standard InChI is InChI=1S/C27H29ClN4O7/c1-27(2,3)39-26(37)30-17-8-4-14(5-9-17)23(33)32-21-18-12-15(25(35)36)6-10-19(18)38-22(21)24(34)31-20-11-7-16(28)13-29-20/h6-7,10-14,17H,4-5,8-9H2,1-3H3,(H,30,37)(H,32,33)(H,35,36)(H,29,31,34)/t14-,17-. The normalized spacial score (nSPS) is 17.3. The maximum absolute atomic E-state index is 13.3. The minimum atomic E-state index is -1.16. The SMILES string of the molecule is CC(C)(C)OC(=O)N[C@H]1CC[C@H](C(=O)Nc2c(C(=O)Nc3ccc(Cl)cn3)oc3ccc(C(=O)O)cc23)CC1. The van der Waals surface area contributed by atoms with Gasteiger partial charge in [-0.15, -0.1) is 0 Å². The summed E-state index contributed by atoms with van der Waals surface area (Å²) in [6.45, 7) is 5.36. The molecule has 206 valence electrons. The van der Waals surface area contributed by atoms with E-state index in [-0.39, 0.29) is 51.7 Å². The first-order valence-corrected chi connectivity index (χ1v) is 12.8. The minimum absolute atomic E-state index is 0.0288. The van der Waals surface area contributed by atoms with Gasteiger partial charge in [-0.25, -0.2) is 14.6 Å². The fourth-order valence-electron chi connectivity index (χ4n) is 4.34. The highest BCUT2D eigenvalue weighted by Crippen LogP contribution is 2.34. The molecule has 0 saturated heterocycles. The van der Waals surface area contributed by atoms with Crippen LogP contribution in [0, 0.1) is 5.92 Å². The molecular formula is C27H29ClN4O7. The molecule has 0 unspecified atom stereocenters. The number of alkyl carbamates (subject to hydrolysis) is 1. The van der Waals surface area contributed by atoms with Crippen molar-refractivity contribution in [3.05, 3.63) is 52.9 Å². The number of amides is 3. The van der Waals surface area contributed by atoms with E-state index in [2.05, 4.69) is 20.9 Å². The summed E-state index contributed by atoms with van der Waals surface area (Å²) in [6, 6.07) is 7.06. The summed E-state index contributed by atoms with van der Waals surface area (Å²) in [6.07, 6.45) is 3.01. The molecule has 1 saturated carbocycles. The predicted molar refractivity (Wildman–Crippen MR) is 144 cm³/mol. The Hall–Kier alpha value is -4.12. The van der Waals surface area contributed by atoms with Gasteiger partial charge in [-0.3, -0.25) is 9.59 Å². The van der Waals surface area contributed by atoms with E-state index in [4.69, 9.17) is 20.8 Å². The molecule has 3 aromatic rings. The third-order valence-corrected chi connectivity index (χ3v) is 6.40. The van der Waals surface area contributed by atoms with Crippen molar-refractivity contribution in [1.29, 1.82) is 0 Å². The Labute approximate surface area is 229 Å². The van der Waals surface area contributed by atoms with Crippen LogP contribution in [0.4, 0.5) is 16.3 Å². The van der Waals surface area contributed by atoms with Crippen molar-refractivity contribution in [3.63, 3.8) is 0 Å². The van der Waals surface area contributed by atoms with E-state index in [1.807, 2.05) is 0 Å². The number of nitrogens with zero attached hydrogens (tertiary/aromatic N) is 1. The smallest absolute Gasteiger partial charge is 0.407 e. The number of ether oxygens (including phenoxy) is 1. The lowest BCUT2D eigenvalue weighted by atomic mass is 9.85. The number of carboxylic acids is 1. The summed E-state index contributed by atoms with van der Waals surface area (Å²) < 4.78 is 11.1. The van der Waals surface area contributed by atoms with Gasteiger partial charge in [0, 0.05) is 23.5 Å². The third-order valence-electron chi connectivity index (χ3n) is 6.18. The highest BCUT2D eigenvalue weighted by molar-refractivity contribution is 6.30. The molecule has 2 heterocycles. The largest absolute Gasteiger partial charge is 0.478 e. The Kier molecular flexibility index (Phi) is 8.10. The molecule has 1 aliphatic rings. The Balaban J connectivity index is 1.51. The van der Waals surface area contributed by atoms with Crippen LogP contribution in [0.25, 0.3) is 11.0 Å². The zero-order valence-corrected chi connectivity index (χ0v) is 22.4. The second-order valence-corrected chi connectivity index (χ2v) is 10.8. The summed E-state index contributed by atoms with van der Waals surface area (Å²) in [5, 5.41) is 18.3. The lowest BCUT2D eigenvalue weighted by Gasteiger charge is -2.29. The van der Waals surface area contributed by atoms with Crippen molar-refractivity contribution in [2.75, 3.05) is 10.6 Å². The maximum Gasteiger partial charge on any atom is 0.407 e. The molecule has 3 amide bonds. The Morgan fingerprint density at radius 1 is 1.05 bits per heavy atom. The molecule has 11 nitrogen and oxygen atoms in total. The van der Waals surface area contributed by atoms with Crippen molar-refractivity contribution in [3.8, 4) is 0 Å². The van der Waals surface area contributed by atoms with Crippen LogP contribution in [-0.4, -0.2) is 45.6 Å². The van der Waals surface area contributed by atoms with Gasteiger partial charge in [0.15, 0.2) is 0 Å². The Bertz CT molecular complexity index is 1400. The highest BCUT2D eigenvalue weighted by Gasteiger charge is 2.31. The van der Waals surface area contributed by atoms with Crippen molar-refractivity contribution in [1.82, 2.24) is 10.3 Å². The second kappa shape index (κ2) is 11.3. The zero-order chi connectivity index (χ0) is 28.3. The minimum Gasteiger partial charge on any atom is -0.478 e. The summed E-state index contributed by atoms with van der Waals surface area (Å²) in [5.74, 6) is -2.56. The van der Waals surface area contributed by atoms with Crippen molar-refractivity contribution in [2.24, 2.45) is 5.92 Å². The zero-order valence-electron chi connectivity index (χ0n) is 21.7. The number of carboxylic acid groups (broad SMARTS) is 1. The van der Waals surface area contributed by atoms with Crippen LogP contribution in [0.3, 0.4) is 0 Å². The van der Waals surface area contributed by atoms with Crippen LogP contribution in [-0.2, 0) is 9.53 Å². The first kappa shape index (κ1) is 27.9. The molecule has 0 aliphatic heterocycles. The van der Waals surface area contributed by atoms with Crippen molar-refractivity contribution in [2.45, 2.75) is 58.1 Å². The molecule has 39 heavy (non-hydrogen) atoms. The van der Waals surface area contributed by atoms with E-state index in [0.29, 0.717) is 30.7 Å². The Morgan fingerprint density at radius 3 is 2.38 bits per heavy atom. The number of benzene rings is 1. The Morgan fingerprint density at radius 2 is 1.77 bits per heavy atom. The maximum atomic E-state index is 13.3. The number of rotatable bonds is 6. The molecule has 0 radical (unpaired) electrons. The molecular weight excluding hydrogens is 528 g/mol. The van der Waals surface area contributed by atoms with E-state index >= 15 is 0 Å². The lowest BCUT2D eigenvalue weighted by Crippen LogP contribution is -2.42. The summed E-state index contributed by atoms with van der Waals surface area (Å²) >= 11 is 5.86. The fourth-order valence-corrected chi connectivity index (χ4v) is 4.45. The van der Waals surface area contributed by atoms with E-state index in [0.717, 1.165) is 0 Å². The van der Waals surface area contributed by atoms with Crippen LogP contribution in [0.5, 0.6) is 0 Å². The predicted octanol–water partition coefficient (Wildman–Crippen LogP) is 5.45. The second-order valence-electron chi connectivity index (χ2n) is 10.3. The van der Waals surface area contributed by atoms with E-state index in [9.17, 15) is 24.3 Å². The first-order valence-electron chi connectivity index (χ1n) is 12.4. The number of anilines is 2. The molecule has 0 bridgehead atoms. The molecule has 4 N–H and O–H groups in total. The number of carbonyl (C=O) groups is 4. The van der Waals surface area contributed by atoms with Gasteiger partial charge in [0.1, 0.15) is 22.7 Å². The average molecular weight is 557 g/mol.